The van der Waals surface area contributed by atoms with E-state index in [-0.39, 0.29) is 5.91 Å². The summed E-state index contributed by atoms with van der Waals surface area (Å²) >= 11 is 5.89. The van der Waals surface area contributed by atoms with Gasteiger partial charge in [-0.2, -0.15) is 4.98 Å². The second-order valence-electron chi connectivity index (χ2n) is 8.21. The first-order valence-corrected chi connectivity index (χ1v) is 10.7. The van der Waals surface area contributed by atoms with E-state index in [0.717, 1.165) is 42.8 Å². The summed E-state index contributed by atoms with van der Waals surface area (Å²) in [5.41, 5.74) is 1.83. The van der Waals surface area contributed by atoms with Crippen molar-refractivity contribution in [3.8, 4) is 0 Å². The molecule has 1 aliphatic carbocycles. The van der Waals surface area contributed by atoms with Crippen molar-refractivity contribution in [2.45, 2.75) is 44.7 Å². The molecule has 30 heavy (non-hydrogen) atoms. The van der Waals surface area contributed by atoms with Crippen LogP contribution in [0.4, 0.5) is 17.5 Å². The maximum Gasteiger partial charge on any atom is 0.238 e. The number of halogens is 1. The van der Waals surface area contributed by atoms with Crippen LogP contribution in [0.25, 0.3) is 0 Å². The number of carbonyl (C=O) groups excluding carboxylic acids is 1. The SMILES string of the molecule is Cc1cnc(N[C@H]2CC[C@@H](N(C)CC(=O)Nc3ccc(Cl)cc3)CC2)nc1N(C)C. The van der Waals surface area contributed by atoms with Gasteiger partial charge >= 0.3 is 0 Å². The normalized spacial score (nSPS) is 18.9. The highest BCUT2D eigenvalue weighted by Crippen LogP contribution is 2.25. The smallest absolute Gasteiger partial charge is 0.238 e. The molecule has 0 spiro atoms. The molecule has 8 heteroatoms. The van der Waals surface area contributed by atoms with Crippen LogP contribution in [0, 0.1) is 6.92 Å². The first kappa shape index (κ1) is 22.3. The summed E-state index contributed by atoms with van der Waals surface area (Å²) in [6.45, 7) is 2.39. The summed E-state index contributed by atoms with van der Waals surface area (Å²) < 4.78 is 0. The van der Waals surface area contributed by atoms with E-state index in [1.165, 1.54) is 0 Å². The van der Waals surface area contributed by atoms with Gasteiger partial charge in [0.05, 0.1) is 6.54 Å². The number of carbonyl (C=O) groups is 1. The average molecular weight is 431 g/mol. The number of hydrogen-bond donors (Lipinski definition) is 2. The van der Waals surface area contributed by atoms with Gasteiger partial charge in [0.15, 0.2) is 0 Å². The molecule has 1 aromatic carbocycles. The minimum absolute atomic E-state index is 0.00987. The van der Waals surface area contributed by atoms with Gasteiger partial charge in [0.2, 0.25) is 11.9 Å². The van der Waals surface area contributed by atoms with Gasteiger partial charge in [0.1, 0.15) is 5.82 Å². The summed E-state index contributed by atoms with van der Waals surface area (Å²) in [7, 11) is 6.00. The van der Waals surface area contributed by atoms with Crippen molar-refractivity contribution < 1.29 is 4.79 Å². The molecular formula is C22H31ClN6O. The number of aryl methyl sites for hydroxylation is 1. The predicted molar refractivity (Wildman–Crippen MR) is 123 cm³/mol. The zero-order chi connectivity index (χ0) is 21.7. The average Bonchev–Trinajstić information content (AvgIpc) is 2.71. The molecule has 1 aromatic heterocycles. The second-order valence-corrected chi connectivity index (χ2v) is 8.65. The molecule has 1 saturated carbocycles. The maximum atomic E-state index is 12.4. The molecule has 1 heterocycles. The molecule has 7 nitrogen and oxygen atoms in total. The largest absolute Gasteiger partial charge is 0.362 e. The number of nitrogens with one attached hydrogen (secondary N) is 2. The molecule has 0 radical (unpaired) electrons. The van der Waals surface area contributed by atoms with Crippen molar-refractivity contribution >= 4 is 35.0 Å². The third-order valence-electron chi connectivity index (χ3n) is 5.54. The summed E-state index contributed by atoms with van der Waals surface area (Å²) in [5, 5.41) is 7.07. The topological polar surface area (TPSA) is 73.4 Å². The molecule has 2 aromatic rings. The van der Waals surface area contributed by atoms with Gasteiger partial charge < -0.3 is 15.5 Å². The minimum Gasteiger partial charge on any atom is -0.362 e. The molecule has 162 valence electrons. The van der Waals surface area contributed by atoms with Crippen molar-refractivity contribution in [3.63, 3.8) is 0 Å². The Labute approximate surface area is 183 Å². The standard InChI is InChI=1S/C22H31ClN6O/c1-15-13-24-22(27-21(15)28(2)3)26-18-9-11-19(12-10-18)29(4)14-20(30)25-17-7-5-16(23)6-8-17/h5-8,13,18-19H,9-12,14H2,1-4H3,(H,25,30)(H,24,26,27)/t18-,19+. The molecule has 3 rings (SSSR count). The highest BCUT2D eigenvalue weighted by molar-refractivity contribution is 6.30. The van der Waals surface area contributed by atoms with Crippen molar-refractivity contribution in [1.82, 2.24) is 14.9 Å². The zero-order valence-corrected chi connectivity index (χ0v) is 18.9. The van der Waals surface area contributed by atoms with Crippen LogP contribution in [-0.2, 0) is 4.79 Å². The maximum absolute atomic E-state index is 12.4. The Bertz CT molecular complexity index is 849. The van der Waals surface area contributed by atoms with Crippen molar-refractivity contribution in [1.29, 1.82) is 0 Å². The molecule has 0 unspecified atom stereocenters. The Morgan fingerprint density at radius 2 is 1.80 bits per heavy atom. The van der Waals surface area contributed by atoms with E-state index in [2.05, 4.69) is 25.5 Å². The Morgan fingerprint density at radius 3 is 2.43 bits per heavy atom. The number of nitrogens with zero attached hydrogens (tertiary/aromatic N) is 4. The first-order chi connectivity index (χ1) is 14.3. The van der Waals surface area contributed by atoms with Crippen molar-refractivity contribution in [3.05, 3.63) is 41.0 Å². The molecule has 0 atom stereocenters. The van der Waals surface area contributed by atoms with Crippen LogP contribution in [0.2, 0.25) is 5.02 Å². The molecule has 1 amide bonds. The van der Waals surface area contributed by atoms with Crippen LogP contribution < -0.4 is 15.5 Å². The van der Waals surface area contributed by atoms with E-state index in [0.29, 0.717) is 29.6 Å². The number of likely N-dealkylation sites (N-methyl/N-ethyl adjacent to an activating group) is 1. The lowest BCUT2D eigenvalue weighted by Gasteiger charge is -2.34. The van der Waals surface area contributed by atoms with E-state index in [1.807, 2.05) is 51.3 Å². The summed E-state index contributed by atoms with van der Waals surface area (Å²) in [4.78, 5) is 25.6. The Hall–Kier alpha value is -2.38. The Kier molecular flexibility index (Phi) is 7.50. The van der Waals surface area contributed by atoms with E-state index in [4.69, 9.17) is 11.6 Å². The molecule has 0 saturated heterocycles. The van der Waals surface area contributed by atoms with Crippen molar-refractivity contribution in [2.75, 3.05) is 43.2 Å². The first-order valence-electron chi connectivity index (χ1n) is 10.3. The lowest BCUT2D eigenvalue weighted by Crippen LogP contribution is -2.42. The lowest BCUT2D eigenvalue weighted by atomic mass is 9.90. The molecular weight excluding hydrogens is 400 g/mol. The quantitative estimate of drug-likeness (QED) is 0.696. The lowest BCUT2D eigenvalue weighted by molar-refractivity contribution is -0.117. The molecule has 1 aliphatic rings. The highest BCUT2D eigenvalue weighted by Gasteiger charge is 2.25. The van der Waals surface area contributed by atoms with E-state index in [1.54, 1.807) is 12.1 Å². The fourth-order valence-electron chi connectivity index (χ4n) is 3.89. The summed E-state index contributed by atoms with van der Waals surface area (Å²) in [6.07, 6.45) is 6.00. The van der Waals surface area contributed by atoms with Crippen LogP contribution >= 0.6 is 11.6 Å². The van der Waals surface area contributed by atoms with Gasteiger partial charge in [-0.15, -0.1) is 0 Å². The Morgan fingerprint density at radius 1 is 1.13 bits per heavy atom. The predicted octanol–water partition coefficient (Wildman–Crippen LogP) is 3.80. The van der Waals surface area contributed by atoms with Crippen LogP contribution in [0.3, 0.4) is 0 Å². The van der Waals surface area contributed by atoms with Gasteiger partial charge in [-0.25, -0.2) is 4.98 Å². The summed E-state index contributed by atoms with van der Waals surface area (Å²) in [5.74, 6) is 1.61. The van der Waals surface area contributed by atoms with Gasteiger partial charge in [-0.3, -0.25) is 9.69 Å². The summed E-state index contributed by atoms with van der Waals surface area (Å²) in [6, 6.07) is 7.92. The number of hydrogen-bond acceptors (Lipinski definition) is 6. The molecule has 0 aliphatic heterocycles. The van der Waals surface area contributed by atoms with Gasteiger partial charge in [0.25, 0.3) is 0 Å². The number of amides is 1. The molecule has 1 fully saturated rings. The van der Waals surface area contributed by atoms with E-state index in [9.17, 15) is 4.79 Å². The fraction of sp³-hybridized carbons (Fsp3) is 0.500. The second kappa shape index (κ2) is 10.1. The van der Waals surface area contributed by atoms with Crippen LogP contribution in [0.15, 0.2) is 30.5 Å². The number of anilines is 3. The Balaban J connectivity index is 1.46. The monoisotopic (exact) mass is 430 g/mol. The number of rotatable bonds is 7. The van der Waals surface area contributed by atoms with Gasteiger partial charge in [-0.05, 0) is 63.9 Å². The third kappa shape index (κ3) is 6.06. The van der Waals surface area contributed by atoms with Crippen molar-refractivity contribution in [2.24, 2.45) is 0 Å². The molecule has 0 bridgehead atoms. The van der Waals surface area contributed by atoms with Crippen LogP contribution in [0.1, 0.15) is 31.2 Å². The molecule has 2 N–H and O–H groups in total. The third-order valence-corrected chi connectivity index (χ3v) is 5.79. The van der Waals surface area contributed by atoms with Crippen LogP contribution in [0.5, 0.6) is 0 Å². The van der Waals surface area contributed by atoms with E-state index < -0.39 is 0 Å². The number of aromatic nitrogens is 2. The number of benzene rings is 1. The fourth-order valence-corrected chi connectivity index (χ4v) is 4.01. The van der Waals surface area contributed by atoms with Crippen LogP contribution in [-0.4, -0.2) is 60.5 Å². The van der Waals surface area contributed by atoms with Gasteiger partial charge in [0, 0.05) is 48.6 Å². The highest BCUT2D eigenvalue weighted by atomic mass is 35.5. The zero-order valence-electron chi connectivity index (χ0n) is 18.2. The van der Waals surface area contributed by atoms with Gasteiger partial charge in [-0.1, -0.05) is 11.6 Å². The van der Waals surface area contributed by atoms with E-state index >= 15 is 0 Å². The minimum atomic E-state index is -0.00987.